The van der Waals surface area contributed by atoms with Crippen LogP contribution in [0.5, 0.6) is 5.75 Å². The van der Waals surface area contributed by atoms with Gasteiger partial charge in [-0.15, -0.1) is 0 Å². The fourth-order valence-corrected chi connectivity index (χ4v) is 4.78. The van der Waals surface area contributed by atoms with Gasteiger partial charge in [0.25, 0.3) is 10.8 Å². The molecule has 23 heavy (non-hydrogen) atoms. The number of esters is 1. The van der Waals surface area contributed by atoms with Gasteiger partial charge in [-0.2, -0.15) is 0 Å². The van der Waals surface area contributed by atoms with Crippen molar-refractivity contribution in [1.82, 2.24) is 0 Å². The van der Waals surface area contributed by atoms with Gasteiger partial charge in [0.05, 0.1) is 24.1 Å². The molecule has 1 aromatic rings. The minimum Gasteiger partial charge on any atom is -0.497 e. The maximum absolute atomic E-state index is 13.2. The van der Waals surface area contributed by atoms with E-state index in [1.807, 2.05) is 32.9 Å². The average Bonchev–Trinajstić information content (AvgIpc) is 2.98. The number of fused-ring (bicyclic) bond motifs is 1. The van der Waals surface area contributed by atoms with E-state index in [9.17, 15) is 9.59 Å². The van der Waals surface area contributed by atoms with Crippen LogP contribution in [0.3, 0.4) is 0 Å². The standard InChI is InChI=1S/C17H17NO4S/c1-9-7-16(2,3)18-14-11(9)5-10(21-4)6-12(14)17(15(18)20)22-13(19)8-23-17/h5-7H,8H2,1-4H3. The normalized spacial score (nSPS) is 27.1. The molecule has 0 saturated carbocycles. The number of allylic oxidation sites excluding steroid dienone is 1. The lowest BCUT2D eigenvalue weighted by Gasteiger charge is -2.39. The van der Waals surface area contributed by atoms with Gasteiger partial charge < -0.3 is 9.47 Å². The average molecular weight is 331 g/mol. The van der Waals surface area contributed by atoms with Crippen molar-refractivity contribution in [2.75, 3.05) is 17.8 Å². The number of methoxy groups -OCH3 is 1. The Morgan fingerprint density at radius 2 is 2.04 bits per heavy atom. The molecule has 0 N–H and O–H groups in total. The highest BCUT2D eigenvalue weighted by atomic mass is 32.2. The number of rotatable bonds is 1. The predicted octanol–water partition coefficient (Wildman–Crippen LogP) is 2.68. The number of ether oxygens (including phenoxy) is 2. The van der Waals surface area contributed by atoms with Gasteiger partial charge in [-0.3, -0.25) is 14.5 Å². The Hall–Kier alpha value is -1.95. The third-order valence-corrected chi connectivity index (χ3v) is 5.87. The molecule has 1 atom stereocenters. The van der Waals surface area contributed by atoms with Crippen molar-refractivity contribution in [1.29, 1.82) is 0 Å². The number of anilines is 1. The molecule has 1 unspecified atom stereocenters. The molecule has 6 heteroatoms. The molecule has 5 nitrogen and oxygen atoms in total. The topological polar surface area (TPSA) is 55.8 Å². The maximum atomic E-state index is 13.2. The number of hydrogen-bond acceptors (Lipinski definition) is 5. The molecule has 3 aliphatic rings. The summed E-state index contributed by atoms with van der Waals surface area (Å²) in [5.74, 6) is 0.288. The predicted molar refractivity (Wildman–Crippen MR) is 88.4 cm³/mol. The Morgan fingerprint density at radius 1 is 1.30 bits per heavy atom. The van der Waals surface area contributed by atoms with Crippen molar-refractivity contribution < 1.29 is 19.1 Å². The first-order valence-corrected chi connectivity index (χ1v) is 8.41. The van der Waals surface area contributed by atoms with E-state index in [4.69, 9.17) is 9.47 Å². The Kier molecular flexibility index (Phi) is 2.75. The molecule has 3 aliphatic heterocycles. The smallest absolute Gasteiger partial charge is 0.318 e. The van der Waals surface area contributed by atoms with Crippen molar-refractivity contribution in [2.45, 2.75) is 31.2 Å². The maximum Gasteiger partial charge on any atom is 0.318 e. The summed E-state index contributed by atoms with van der Waals surface area (Å²) < 4.78 is 10.9. The number of benzene rings is 1. The first-order valence-electron chi connectivity index (χ1n) is 7.43. The molecule has 1 amide bonds. The molecule has 120 valence electrons. The second-order valence-corrected chi connectivity index (χ2v) is 7.72. The minimum absolute atomic E-state index is 0.179. The molecule has 3 heterocycles. The quantitative estimate of drug-likeness (QED) is 0.741. The second-order valence-electron chi connectivity index (χ2n) is 6.57. The Labute approximate surface area is 138 Å². The van der Waals surface area contributed by atoms with Gasteiger partial charge in [0.2, 0.25) is 0 Å². The lowest BCUT2D eigenvalue weighted by Crippen LogP contribution is -2.50. The van der Waals surface area contributed by atoms with E-state index in [-0.39, 0.29) is 17.6 Å². The summed E-state index contributed by atoms with van der Waals surface area (Å²) in [6.07, 6.45) is 2.07. The van der Waals surface area contributed by atoms with E-state index >= 15 is 0 Å². The van der Waals surface area contributed by atoms with Gasteiger partial charge in [-0.05, 0) is 38.5 Å². The first-order chi connectivity index (χ1) is 10.8. The van der Waals surface area contributed by atoms with E-state index in [0.717, 1.165) is 16.8 Å². The first kappa shape index (κ1) is 14.6. The molecule has 1 aromatic carbocycles. The van der Waals surface area contributed by atoms with E-state index in [1.54, 1.807) is 12.0 Å². The Balaban J connectivity index is 2.06. The molecular weight excluding hydrogens is 314 g/mol. The molecule has 0 bridgehead atoms. The van der Waals surface area contributed by atoms with Crippen LogP contribution in [-0.4, -0.2) is 30.3 Å². The lowest BCUT2D eigenvalue weighted by atomic mass is 9.89. The molecule has 4 rings (SSSR count). The van der Waals surface area contributed by atoms with E-state index in [0.29, 0.717) is 11.3 Å². The van der Waals surface area contributed by atoms with Crippen LogP contribution in [0, 0.1) is 0 Å². The highest BCUT2D eigenvalue weighted by molar-refractivity contribution is 8.01. The van der Waals surface area contributed by atoms with E-state index in [2.05, 4.69) is 6.08 Å². The molecule has 0 aromatic heterocycles. The zero-order valence-electron chi connectivity index (χ0n) is 13.4. The highest BCUT2D eigenvalue weighted by Crippen LogP contribution is 2.58. The van der Waals surface area contributed by atoms with Crippen LogP contribution in [0.2, 0.25) is 0 Å². The van der Waals surface area contributed by atoms with Gasteiger partial charge in [-0.25, -0.2) is 0 Å². The van der Waals surface area contributed by atoms with Crippen molar-refractivity contribution in [3.05, 3.63) is 29.3 Å². The van der Waals surface area contributed by atoms with Crippen molar-refractivity contribution >= 4 is 34.9 Å². The summed E-state index contributed by atoms with van der Waals surface area (Å²) in [7, 11) is 1.59. The van der Waals surface area contributed by atoms with Crippen LogP contribution in [0.4, 0.5) is 5.69 Å². The molecule has 1 spiro atoms. The van der Waals surface area contributed by atoms with E-state index in [1.165, 1.54) is 11.8 Å². The monoisotopic (exact) mass is 331 g/mol. The number of carbonyl (C=O) groups excluding carboxylic acids is 2. The fourth-order valence-electron chi connectivity index (χ4n) is 3.72. The van der Waals surface area contributed by atoms with Crippen LogP contribution in [0.15, 0.2) is 18.2 Å². The van der Waals surface area contributed by atoms with Crippen LogP contribution in [-0.2, 0) is 19.3 Å². The zero-order chi connectivity index (χ0) is 16.6. The van der Waals surface area contributed by atoms with Gasteiger partial charge in [0.1, 0.15) is 5.75 Å². The van der Waals surface area contributed by atoms with Crippen molar-refractivity contribution in [2.24, 2.45) is 0 Å². The highest BCUT2D eigenvalue weighted by Gasteiger charge is 2.62. The summed E-state index contributed by atoms with van der Waals surface area (Å²) in [5, 5.41) is 0. The van der Waals surface area contributed by atoms with Crippen LogP contribution < -0.4 is 9.64 Å². The van der Waals surface area contributed by atoms with Gasteiger partial charge >= 0.3 is 5.97 Å². The van der Waals surface area contributed by atoms with Crippen LogP contribution >= 0.6 is 11.8 Å². The number of carbonyl (C=O) groups is 2. The fraction of sp³-hybridized carbons (Fsp3) is 0.412. The SMILES string of the molecule is COc1cc2c3c(c1)C1(OC(=O)CS1)C(=O)N3C(C)(C)C=C2C. The number of hydrogen-bond donors (Lipinski definition) is 0. The minimum atomic E-state index is -1.27. The summed E-state index contributed by atoms with van der Waals surface area (Å²) in [6.45, 7) is 6.01. The summed E-state index contributed by atoms with van der Waals surface area (Å²) in [6, 6.07) is 3.75. The third-order valence-electron chi connectivity index (χ3n) is 4.60. The number of thioether (sulfide) groups is 1. The second kappa shape index (κ2) is 4.32. The third kappa shape index (κ3) is 1.70. The Bertz CT molecular complexity index is 798. The number of nitrogens with zero attached hydrogens (tertiary/aromatic N) is 1. The van der Waals surface area contributed by atoms with Gasteiger partial charge in [-0.1, -0.05) is 17.8 Å². The zero-order valence-corrected chi connectivity index (χ0v) is 14.2. The summed E-state index contributed by atoms with van der Waals surface area (Å²) >= 11 is 1.25. The summed E-state index contributed by atoms with van der Waals surface area (Å²) in [4.78, 5) is 25.5. The molecule has 0 aliphatic carbocycles. The molecule has 1 fully saturated rings. The number of amides is 1. The molecule has 1 saturated heterocycles. The lowest BCUT2D eigenvalue weighted by molar-refractivity contribution is -0.153. The van der Waals surface area contributed by atoms with Crippen molar-refractivity contribution in [3.63, 3.8) is 0 Å². The van der Waals surface area contributed by atoms with E-state index < -0.39 is 10.5 Å². The van der Waals surface area contributed by atoms with Crippen LogP contribution in [0.25, 0.3) is 5.57 Å². The van der Waals surface area contributed by atoms with Crippen LogP contribution in [0.1, 0.15) is 31.9 Å². The molecular formula is C17H17NO4S. The van der Waals surface area contributed by atoms with Gasteiger partial charge in [0, 0.05) is 11.1 Å². The van der Waals surface area contributed by atoms with Gasteiger partial charge in [0.15, 0.2) is 0 Å². The molecule has 0 radical (unpaired) electrons. The van der Waals surface area contributed by atoms with Crippen molar-refractivity contribution in [3.8, 4) is 5.75 Å². The Morgan fingerprint density at radius 3 is 2.65 bits per heavy atom. The largest absolute Gasteiger partial charge is 0.497 e. The summed E-state index contributed by atoms with van der Waals surface area (Å²) in [5.41, 5.74) is 3.11.